The third-order valence-corrected chi connectivity index (χ3v) is 5.07. The van der Waals surface area contributed by atoms with E-state index < -0.39 is 4.92 Å². The first kappa shape index (κ1) is 21.0. The molecule has 1 amide bonds. The predicted molar refractivity (Wildman–Crippen MR) is 111 cm³/mol. The smallest absolute Gasteiger partial charge is 0.273 e. The maximum Gasteiger partial charge on any atom is 0.273 e. The summed E-state index contributed by atoms with van der Waals surface area (Å²) >= 11 is 5.92. The zero-order valence-electron chi connectivity index (χ0n) is 16.1. The third-order valence-electron chi connectivity index (χ3n) is 4.82. The highest BCUT2D eigenvalue weighted by Gasteiger charge is 2.20. The van der Waals surface area contributed by atoms with E-state index in [1.807, 2.05) is 24.3 Å². The number of benzene rings is 2. The molecule has 154 valence electrons. The summed E-state index contributed by atoms with van der Waals surface area (Å²) < 4.78 is 5.16. The number of rotatable bonds is 7. The fourth-order valence-corrected chi connectivity index (χ4v) is 3.37. The van der Waals surface area contributed by atoms with Gasteiger partial charge in [-0.05, 0) is 23.8 Å². The molecule has 0 aliphatic carbocycles. The van der Waals surface area contributed by atoms with Crippen LogP contribution in [0.2, 0.25) is 5.02 Å². The van der Waals surface area contributed by atoms with Gasteiger partial charge in [-0.1, -0.05) is 23.7 Å². The summed E-state index contributed by atoms with van der Waals surface area (Å²) in [4.78, 5) is 27.2. The van der Waals surface area contributed by atoms with Crippen LogP contribution in [0.5, 0.6) is 5.75 Å². The lowest BCUT2D eigenvalue weighted by atomic mass is 10.2. The average molecular weight is 419 g/mol. The van der Waals surface area contributed by atoms with Gasteiger partial charge in [0.2, 0.25) is 5.91 Å². The molecule has 8 nitrogen and oxygen atoms in total. The molecule has 1 aliphatic heterocycles. The zero-order valence-corrected chi connectivity index (χ0v) is 16.9. The minimum atomic E-state index is -0.502. The molecule has 1 saturated heterocycles. The normalized spacial score (nSPS) is 15.1. The molecule has 0 radical (unpaired) electrons. The second-order valence-electron chi connectivity index (χ2n) is 6.87. The molecule has 3 rings (SSSR count). The molecule has 9 heteroatoms. The van der Waals surface area contributed by atoms with Crippen molar-refractivity contribution in [2.45, 2.75) is 6.54 Å². The van der Waals surface area contributed by atoms with Crippen molar-refractivity contribution in [3.63, 3.8) is 0 Å². The Morgan fingerprint density at radius 2 is 1.79 bits per heavy atom. The molecular formula is C20H23ClN4O4. The van der Waals surface area contributed by atoms with Gasteiger partial charge in [-0.3, -0.25) is 24.7 Å². The highest BCUT2D eigenvalue weighted by Crippen LogP contribution is 2.29. The van der Waals surface area contributed by atoms with Gasteiger partial charge in [0, 0.05) is 43.8 Å². The van der Waals surface area contributed by atoms with E-state index in [1.165, 1.54) is 30.9 Å². The number of carbonyl (C=O) groups excluding carboxylic acids is 1. The number of amides is 1. The number of ether oxygens (including phenoxy) is 1. The van der Waals surface area contributed by atoms with Crippen LogP contribution >= 0.6 is 11.6 Å². The molecule has 2 aromatic rings. The number of nitrogens with one attached hydrogen (secondary N) is 1. The standard InChI is InChI=1S/C20H23ClN4O4/c1-29-19-12-17(25(27)28)6-7-18(19)22-20(26)14-24-10-8-23(9-11-24)13-15-2-4-16(21)5-3-15/h2-7,12H,8-11,13-14H2,1H3,(H,22,26). The van der Waals surface area contributed by atoms with Gasteiger partial charge in [-0.2, -0.15) is 0 Å². The molecular weight excluding hydrogens is 396 g/mol. The number of halogens is 1. The number of piperazine rings is 1. The number of nitro benzene ring substituents is 1. The lowest BCUT2D eigenvalue weighted by Gasteiger charge is -2.34. The SMILES string of the molecule is COc1cc([N+](=O)[O-])ccc1NC(=O)CN1CCN(Cc2ccc(Cl)cc2)CC1. The Kier molecular flexibility index (Phi) is 7.03. The van der Waals surface area contributed by atoms with Gasteiger partial charge in [0.05, 0.1) is 30.3 Å². The van der Waals surface area contributed by atoms with Crippen LogP contribution in [0.15, 0.2) is 42.5 Å². The number of nitro groups is 1. The van der Waals surface area contributed by atoms with Crippen molar-refractivity contribution < 1.29 is 14.5 Å². The number of non-ortho nitro benzene ring substituents is 1. The van der Waals surface area contributed by atoms with Crippen molar-refractivity contribution >= 4 is 28.9 Å². The largest absolute Gasteiger partial charge is 0.494 e. The van der Waals surface area contributed by atoms with E-state index in [0.717, 1.165) is 37.7 Å². The molecule has 1 aliphatic rings. The molecule has 0 atom stereocenters. The maximum absolute atomic E-state index is 12.4. The van der Waals surface area contributed by atoms with Gasteiger partial charge in [0.25, 0.3) is 5.69 Å². The number of methoxy groups -OCH3 is 1. The van der Waals surface area contributed by atoms with Crippen molar-refractivity contribution in [1.29, 1.82) is 0 Å². The average Bonchev–Trinajstić information content (AvgIpc) is 2.71. The molecule has 1 fully saturated rings. The van der Waals surface area contributed by atoms with Gasteiger partial charge in [0.1, 0.15) is 5.75 Å². The summed E-state index contributed by atoms with van der Waals surface area (Å²) in [6, 6.07) is 12.0. The fraction of sp³-hybridized carbons (Fsp3) is 0.350. The summed E-state index contributed by atoms with van der Waals surface area (Å²) in [5.41, 5.74) is 1.55. The summed E-state index contributed by atoms with van der Waals surface area (Å²) in [6.07, 6.45) is 0. The molecule has 0 spiro atoms. The van der Waals surface area contributed by atoms with E-state index >= 15 is 0 Å². The van der Waals surface area contributed by atoms with E-state index in [1.54, 1.807) is 0 Å². The summed E-state index contributed by atoms with van der Waals surface area (Å²) in [6.45, 7) is 4.44. The van der Waals surface area contributed by atoms with Crippen LogP contribution in [0.4, 0.5) is 11.4 Å². The quantitative estimate of drug-likeness (QED) is 0.549. The highest BCUT2D eigenvalue weighted by molar-refractivity contribution is 6.30. The van der Waals surface area contributed by atoms with Crippen molar-refractivity contribution in [3.8, 4) is 5.75 Å². The van der Waals surface area contributed by atoms with Crippen molar-refractivity contribution in [2.75, 3.05) is 45.2 Å². The number of nitrogens with zero attached hydrogens (tertiary/aromatic N) is 3. The Balaban J connectivity index is 1.48. The minimum absolute atomic E-state index is 0.0864. The molecule has 1 N–H and O–H groups in total. The van der Waals surface area contributed by atoms with E-state index in [0.29, 0.717) is 5.69 Å². The third kappa shape index (κ3) is 5.90. The highest BCUT2D eigenvalue weighted by atomic mass is 35.5. The van der Waals surface area contributed by atoms with Crippen molar-refractivity contribution in [1.82, 2.24) is 9.80 Å². The Morgan fingerprint density at radius 1 is 1.14 bits per heavy atom. The topological polar surface area (TPSA) is 87.9 Å². The molecule has 0 unspecified atom stereocenters. The van der Waals surface area contributed by atoms with Crippen LogP contribution in [-0.4, -0.2) is 60.5 Å². The van der Waals surface area contributed by atoms with Gasteiger partial charge >= 0.3 is 0 Å². The Hall–Kier alpha value is -2.68. The van der Waals surface area contributed by atoms with Crippen molar-refractivity contribution in [2.24, 2.45) is 0 Å². The first-order chi connectivity index (χ1) is 13.9. The first-order valence-electron chi connectivity index (χ1n) is 9.26. The van der Waals surface area contributed by atoms with Crippen LogP contribution in [0.3, 0.4) is 0 Å². The minimum Gasteiger partial charge on any atom is -0.494 e. The monoisotopic (exact) mass is 418 g/mol. The summed E-state index contributed by atoms with van der Waals surface area (Å²) in [7, 11) is 1.41. The van der Waals surface area contributed by atoms with Crippen LogP contribution in [0.1, 0.15) is 5.56 Å². The van der Waals surface area contributed by atoms with E-state index in [4.69, 9.17) is 16.3 Å². The molecule has 0 saturated carbocycles. The van der Waals surface area contributed by atoms with E-state index in [9.17, 15) is 14.9 Å². The van der Waals surface area contributed by atoms with Crippen LogP contribution in [-0.2, 0) is 11.3 Å². The number of anilines is 1. The Labute approximate surface area is 174 Å². The van der Waals surface area contributed by atoms with Crippen LogP contribution < -0.4 is 10.1 Å². The van der Waals surface area contributed by atoms with Gasteiger partial charge in [-0.25, -0.2) is 0 Å². The Bertz CT molecular complexity index is 867. The molecule has 0 bridgehead atoms. The van der Waals surface area contributed by atoms with E-state index in [-0.39, 0.29) is 23.9 Å². The summed E-state index contributed by atoms with van der Waals surface area (Å²) in [5, 5.41) is 14.4. The second-order valence-corrected chi connectivity index (χ2v) is 7.31. The lowest BCUT2D eigenvalue weighted by Crippen LogP contribution is -2.48. The van der Waals surface area contributed by atoms with Crippen molar-refractivity contribution in [3.05, 3.63) is 63.2 Å². The number of hydrogen-bond acceptors (Lipinski definition) is 6. The van der Waals surface area contributed by atoms with E-state index in [2.05, 4.69) is 15.1 Å². The molecule has 2 aromatic carbocycles. The zero-order chi connectivity index (χ0) is 20.8. The van der Waals surface area contributed by atoms with Gasteiger partial charge in [-0.15, -0.1) is 0 Å². The van der Waals surface area contributed by atoms with Gasteiger partial charge < -0.3 is 10.1 Å². The van der Waals surface area contributed by atoms with Crippen LogP contribution in [0.25, 0.3) is 0 Å². The molecule has 1 heterocycles. The second kappa shape index (κ2) is 9.69. The lowest BCUT2D eigenvalue weighted by molar-refractivity contribution is -0.384. The molecule has 0 aromatic heterocycles. The number of carbonyl (C=O) groups is 1. The van der Waals surface area contributed by atoms with Crippen LogP contribution in [0, 0.1) is 10.1 Å². The van der Waals surface area contributed by atoms with Gasteiger partial charge in [0.15, 0.2) is 0 Å². The fourth-order valence-electron chi connectivity index (χ4n) is 3.24. The first-order valence-corrected chi connectivity index (χ1v) is 9.64. The Morgan fingerprint density at radius 3 is 2.41 bits per heavy atom. The summed E-state index contributed by atoms with van der Waals surface area (Å²) in [5.74, 6) is 0.0867. The molecule has 29 heavy (non-hydrogen) atoms. The number of hydrogen-bond donors (Lipinski definition) is 1. The maximum atomic E-state index is 12.4. The predicted octanol–water partition coefficient (Wildman–Crippen LogP) is 3.01.